The Balaban J connectivity index is 1.61. The highest BCUT2D eigenvalue weighted by Gasteiger charge is 2.21. The predicted molar refractivity (Wildman–Crippen MR) is 102 cm³/mol. The van der Waals surface area contributed by atoms with Crippen molar-refractivity contribution in [1.29, 1.82) is 0 Å². The van der Waals surface area contributed by atoms with Crippen LogP contribution in [0.3, 0.4) is 0 Å². The molecule has 0 saturated carbocycles. The smallest absolute Gasteiger partial charge is 0.272 e. The first kappa shape index (κ1) is 17.5. The van der Waals surface area contributed by atoms with E-state index in [1.165, 1.54) is 0 Å². The number of phenols is 1. The average Bonchev–Trinajstić information content (AvgIpc) is 3.40. The summed E-state index contributed by atoms with van der Waals surface area (Å²) in [5, 5.41) is 17.0. The van der Waals surface area contributed by atoms with Crippen LogP contribution in [0.1, 0.15) is 21.9 Å². The molecule has 0 radical (unpaired) electrons. The number of aromatic hydroxyl groups is 1. The van der Waals surface area contributed by atoms with Crippen LogP contribution in [0.4, 0.5) is 0 Å². The Bertz CT molecular complexity index is 1060. The average molecular weight is 374 g/mol. The molecule has 2 N–H and O–H groups in total. The Morgan fingerprint density at radius 1 is 1.07 bits per heavy atom. The number of hydrogen-bond acceptors (Lipinski definition) is 5. The number of nitrogens with one attached hydrogen (secondary N) is 1. The Morgan fingerprint density at radius 2 is 1.93 bits per heavy atom. The van der Waals surface area contributed by atoms with Crippen LogP contribution in [0.2, 0.25) is 0 Å². The summed E-state index contributed by atoms with van der Waals surface area (Å²) in [6, 6.07) is 17.7. The first-order valence-corrected chi connectivity index (χ1v) is 8.76. The van der Waals surface area contributed by atoms with Crippen molar-refractivity contribution in [3.8, 4) is 17.0 Å². The fourth-order valence-corrected chi connectivity index (χ4v) is 2.91. The summed E-state index contributed by atoms with van der Waals surface area (Å²) in [4.78, 5) is 19.1. The number of aromatic nitrogens is 3. The number of amides is 1. The fraction of sp³-hybridized carbons (Fsp3) is 0.0952. The Labute approximate surface area is 161 Å². The molecule has 7 nitrogen and oxygen atoms in total. The second kappa shape index (κ2) is 7.79. The monoisotopic (exact) mass is 374 g/mol. The van der Waals surface area contributed by atoms with E-state index < -0.39 is 0 Å². The van der Waals surface area contributed by atoms with Crippen LogP contribution in [0.15, 0.2) is 77.5 Å². The van der Waals surface area contributed by atoms with Crippen molar-refractivity contribution in [3.05, 3.63) is 90.3 Å². The maximum absolute atomic E-state index is 13.1. The largest absolute Gasteiger partial charge is 0.507 e. The lowest BCUT2D eigenvalue weighted by atomic mass is 10.1. The van der Waals surface area contributed by atoms with Gasteiger partial charge in [0.2, 0.25) is 0 Å². The normalized spacial score (nSPS) is 10.7. The summed E-state index contributed by atoms with van der Waals surface area (Å²) in [5.74, 6) is 0.537. The molecule has 0 spiro atoms. The van der Waals surface area contributed by atoms with Gasteiger partial charge in [-0.2, -0.15) is 5.10 Å². The third-order valence-electron chi connectivity index (χ3n) is 4.28. The molecule has 140 valence electrons. The van der Waals surface area contributed by atoms with Crippen LogP contribution in [0, 0.1) is 0 Å². The van der Waals surface area contributed by atoms with Crippen LogP contribution in [-0.4, -0.2) is 31.1 Å². The quantitative estimate of drug-likeness (QED) is 0.537. The molecule has 3 heterocycles. The number of carbonyl (C=O) groups excluding carboxylic acids is 1. The minimum Gasteiger partial charge on any atom is -0.507 e. The minimum atomic E-state index is -0.240. The molecule has 0 aliphatic carbocycles. The van der Waals surface area contributed by atoms with Gasteiger partial charge in [-0.15, -0.1) is 0 Å². The minimum absolute atomic E-state index is 0.105. The van der Waals surface area contributed by atoms with Gasteiger partial charge >= 0.3 is 0 Å². The second-order valence-corrected chi connectivity index (χ2v) is 6.25. The van der Waals surface area contributed by atoms with E-state index in [-0.39, 0.29) is 11.7 Å². The summed E-state index contributed by atoms with van der Waals surface area (Å²) >= 11 is 0. The van der Waals surface area contributed by atoms with E-state index in [2.05, 4.69) is 15.2 Å². The molecule has 0 aliphatic rings. The third kappa shape index (κ3) is 3.78. The zero-order valence-electron chi connectivity index (χ0n) is 14.9. The number of H-pyrrole nitrogens is 1. The maximum atomic E-state index is 13.1. The molecule has 7 heteroatoms. The molecule has 3 aromatic heterocycles. The van der Waals surface area contributed by atoms with E-state index in [1.54, 1.807) is 53.8 Å². The number of pyridine rings is 1. The van der Waals surface area contributed by atoms with Gasteiger partial charge in [-0.1, -0.05) is 18.2 Å². The number of carbonyl (C=O) groups is 1. The molecule has 4 rings (SSSR count). The zero-order chi connectivity index (χ0) is 19.3. The molecule has 1 aromatic carbocycles. The molecular weight excluding hydrogens is 356 g/mol. The molecule has 0 bridgehead atoms. The summed E-state index contributed by atoms with van der Waals surface area (Å²) in [6.45, 7) is 0.624. The van der Waals surface area contributed by atoms with Gasteiger partial charge in [0, 0.05) is 11.8 Å². The van der Waals surface area contributed by atoms with E-state index >= 15 is 0 Å². The van der Waals surface area contributed by atoms with E-state index in [0.717, 1.165) is 5.69 Å². The third-order valence-corrected chi connectivity index (χ3v) is 4.28. The van der Waals surface area contributed by atoms with Gasteiger partial charge in [0.05, 0.1) is 30.7 Å². The fourth-order valence-electron chi connectivity index (χ4n) is 2.91. The number of furan rings is 1. The molecule has 4 aromatic rings. The van der Waals surface area contributed by atoms with Crippen molar-refractivity contribution in [1.82, 2.24) is 20.1 Å². The number of nitrogens with zero attached hydrogens (tertiary/aromatic N) is 3. The van der Waals surface area contributed by atoms with E-state index in [0.29, 0.717) is 35.8 Å². The Kier molecular flexibility index (Phi) is 4.88. The molecule has 28 heavy (non-hydrogen) atoms. The topological polar surface area (TPSA) is 95.2 Å². The molecule has 0 atom stereocenters. The lowest BCUT2D eigenvalue weighted by Crippen LogP contribution is -2.30. The number of hydrogen-bond donors (Lipinski definition) is 2. The number of rotatable bonds is 6. The van der Waals surface area contributed by atoms with Crippen molar-refractivity contribution < 1.29 is 14.3 Å². The standard InChI is InChI=1S/C21H18N4O3/c26-20-9-2-1-8-17(20)18-12-19(24-23-18)21(27)25(14-16-7-5-11-28-16)13-15-6-3-4-10-22-15/h1-12,26H,13-14H2,(H,23,24). The van der Waals surface area contributed by atoms with Gasteiger partial charge in [0.15, 0.2) is 0 Å². The van der Waals surface area contributed by atoms with Crippen LogP contribution in [0.25, 0.3) is 11.3 Å². The molecule has 0 aliphatic heterocycles. The van der Waals surface area contributed by atoms with Gasteiger partial charge < -0.3 is 14.4 Å². The summed E-state index contributed by atoms with van der Waals surface area (Å²) in [7, 11) is 0. The van der Waals surface area contributed by atoms with Crippen LogP contribution in [-0.2, 0) is 13.1 Å². The van der Waals surface area contributed by atoms with Gasteiger partial charge in [0.1, 0.15) is 17.2 Å². The van der Waals surface area contributed by atoms with Gasteiger partial charge in [-0.3, -0.25) is 14.9 Å². The number of para-hydroxylation sites is 1. The van der Waals surface area contributed by atoms with Gasteiger partial charge in [0.25, 0.3) is 5.91 Å². The van der Waals surface area contributed by atoms with E-state index in [4.69, 9.17) is 4.42 Å². The van der Waals surface area contributed by atoms with Crippen molar-refractivity contribution in [3.63, 3.8) is 0 Å². The Hall–Kier alpha value is -3.87. The Morgan fingerprint density at radius 3 is 2.68 bits per heavy atom. The summed E-state index contributed by atoms with van der Waals surface area (Å²) in [6.07, 6.45) is 3.27. The van der Waals surface area contributed by atoms with Crippen molar-refractivity contribution in [2.45, 2.75) is 13.1 Å². The molecule has 0 fully saturated rings. The molecular formula is C21H18N4O3. The van der Waals surface area contributed by atoms with Crippen LogP contribution < -0.4 is 0 Å². The molecule has 0 unspecified atom stereocenters. The summed E-state index contributed by atoms with van der Waals surface area (Å²) in [5.41, 5.74) is 2.14. The highest BCUT2D eigenvalue weighted by atomic mass is 16.3. The predicted octanol–water partition coefficient (Wildman–Crippen LogP) is 3.61. The van der Waals surface area contributed by atoms with Crippen molar-refractivity contribution in [2.24, 2.45) is 0 Å². The van der Waals surface area contributed by atoms with Crippen molar-refractivity contribution >= 4 is 5.91 Å². The van der Waals surface area contributed by atoms with Crippen LogP contribution >= 0.6 is 0 Å². The van der Waals surface area contributed by atoms with Crippen molar-refractivity contribution in [2.75, 3.05) is 0 Å². The SMILES string of the molecule is O=C(c1cc(-c2ccccc2O)n[nH]1)N(Cc1ccccn1)Cc1ccco1. The highest BCUT2D eigenvalue weighted by molar-refractivity contribution is 5.93. The van der Waals surface area contributed by atoms with Gasteiger partial charge in [-0.05, 0) is 42.5 Å². The first-order chi connectivity index (χ1) is 13.7. The number of phenolic OH excluding ortho intramolecular Hbond substituents is 1. The first-order valence-electron chi connectivity index (χ1n) is 8.76. The highest BCUT2D eigenvalue weighted by Crippen LogP contribution is 2.27. The zero-order valence-corrected chi connectivity index (χ0v) is 14.9. The number of aromatic amines is 1. The second-order valence-electron chi connectivity index (χ2n) is 6.25. The molecule has 1 amide bonds. The van der Waals surface area contributed by atoms with E-state index in [9.17, 15) is 9.90 Å². The maximum Gasteiger partial charge on any atom is 0.272 e. The van der Waals surface area contributed by atoms with Gasteiger partial charge in [-0.25, -0.2) is 0 Å². The lowest BCUT2D eigenvalue weighted by molar-refractivity contribution is 0.0709. The van der Waals surface area contributed by atoms with E-state index in [1.807, 2.05) is 24.3 Å². The lowest BCUT2D eigenvalue weighted by Gasteiger charge is -2.20. The number of benzene rings is 1. The molecule has 0 saturated heterocycles. The van der Waals surface area contributed by atoms with Crippen LogP contribution in [0.5, 0.6) is 5.75 Å². The summed E-state index contributed by atoms with van der Waals surface area (Å²) < 4.78 is 5.40.